The summed E-state index contributed by atoms with van der Waals surface area (Å²) in [6, 6.07) is 5.15. The quantitative estimate of drug-likeness (QED) is 0.401. The van der Waals surface area contributed by atoms with E-state index in [1.807, 2.05) is 0 Å². The first-order valence-electron chi connectivity index (χ1n) is 8.79. The van der Waals surface area contributed by atoms with Gasteiger partial charge in [0.2, 0.25) is 11.0 Å². The number of nitro groups is 1. The first kappa shape index (κ1) is 19.6. The molecule has 3 rings (SSSR count). The predicted molar refractivity (Wildman–Crippen MR) is 108 cm³/mol. The molecule has 0 spiro atoms. The predicted octanol–water partition coefficient (Wildman–Crippen LogP) is 4.23. The monoisotopic (exact) mass is 407 g/mol. The zero-order valence-electron chi connectivity index (χ0n) is 14.9. The Morgan fingerprint density at radius 2 is 2.11 bits per heavy atom. The van der Waals surface area contributed by atoms with Crippen molar-refractivity contribution < 1.29 is 9.72 Å². The Bertz CT molecular complexity index is 821. The number of hydrogen-bond acceptors (Lipinski definition) is 8. The number of carbonyl (C=O) groups excluding carboxylic acids is 1. The Labute approximate surface area is 165 Å². The number of amides is 1. The van der Waals surface area contributed by atoms with Crippen LogP contribution in [0.5, 0.6) is 0 Å². The second-order valence-electron chi connectivity index (χ2n) is 6.42. The number of aryl methyl sites for hydroxylation is 1. The van der Waals surface area contributed by atoms with Crippen molar-refractivity contribution in [3.63, 3.8) is 0 Å². The van der Waals surface area contributed by atoms with Gasteiger partial charge in [0.1, 0.15) is 5.69 Å². The molecule has 2 aromatic rings. The van der Waals surface area contributed by atoms with E-state index in [-0.39, 0.29) is 23.0 Å². The maximum atomic E-state index is 12.2. The summed E-state index contributed by atoms with van der Waals surface area (Å²) in [7, 11) is 0. The van der Waals surface area contributed by atoms with Crippen molar-refractivity contribution in [2.45, 2.75) is 49.4 Å². The number of nitrogens with zero attached hydrogens (tertiary/aromatic N) is 3. The molecule has 0 unspecified atom stereocenters. The minimum Gasteiger partial charge on any atom is -0.357 e. The molecule has 0 aliphatic heterocycles. The van der Waals surface area contributed by atoms with E-state index in [2.05, 4.69) is 20.8 Å². The van der Waals surface area contributed by atoms with Crippen LogP contribution in [-0.4, -0.2) is 32.8 Å². The van der Waals surface area contributed by atoms with Crippen LogP contribution in [-0.2, 0) is 4.79 Å². The molecule has 0 radical (unpaired) electrons. The molecule has 0 atom stereocenters. The third-order valence-electron chi connectivity index (χ3n) is 4.38. The van der Waals surface area contributed by atoms with E-state index in [1.165, 1.54) is 48.4 Å². The van der Waals surface area contributed by atoms with Crippen LogP contribution in [0.25, 0.3) is 0 Å². The summed E-state index contributed by atoms with van der Waals surface area (Å²) in [4.78, 5) is 22.9. The standard InChI is InChI=1S/C17H21N5O3S2/c1-11-6-5-9-13(22(24)25)15(11)19-14(23)10-26-17-21-20-16(27-17)18-12-7-3-2-4-8-12/h5-6,9,12H,2-4,7-8,10H2,1H3,(H,18,20)(H,19,23). The molecule has 1 aliphatic rings. The van der Waals surface area contributed by atoms with E-state index < -0.39 is 4.92 Å². The van der Waals surface area contributed by atoms with Crippen LogP contribution in [0.2, 0.25) is 0 Å². The van der Waals surface area contributed by atoms with E-state index in [9.17, 15) is 14.9 Å². The van der Waals surface area contributed by atoms with Gasteiger partial charge in [0, 0.05) is 12.1 Å². The van der Waals surface area contributed by atoms with Gasteiger partial charge in [-0.1, -0.05) is 54.5 Å². The van der Waals surface area contributed by atoms with Gasteiger partial charge in [-0.05, 0) is 25.3 Å². The summed E-state index contributed by atoms with van der Waals surface area (Å²) in [5, 5.41) is 26.2. The molecule has 1 saturated carbocycles. The third kappa shape index (κ3) is 5.39. The summed E-state index contributed by atoms with van der Waals surface area (Å²) in [5.74, 6) is -0.196. The molecule has 0 bridgehead atoms. The summed E-state index contributed by atoms with van der Waals surface area (Å²) < 4.78 is 0.697. The van der Waals surface area contributed by atoms with Gasteiger partial charge in [-0.2, -0.15) is 0 Å². The highest BCUT2D eigenvalue weighted by molar-refractivity contribution is 8.01. The van der Waals surface area contributed by atoms with Gasteiger partial charge >= 0.3 is 0 Å². The van der Waals surface area contributed by atoms with E-state index in [1.54, 1.807) is 19.1 Å². The molecule has 1 aliphatic carbocycles. The molecule has 10 heteroatoms. The van der Waals surface area contributed by atoms with Crippen LogP contribution in [0, 0.1) is 17.0 Å². The highest BCUT2D eigenvalue weighted by atomic mass is 32.2. The van der Waals surface area contributed by atoms with Crippen molar-refractivity contribution in [1.29, 1.82) is 0 Å². The lowest BCUT2D eigenvalue weighted by molar-refractivity contribution is -0.384. The fourth-order valence-electron chi connectivity index (χ4n) is 3.02. The second-order valence-corrected chi connectivity index (χ2v) is 8.62. The highest BCUT2D eigenvalue weighted by Gasteiger charge is 2.19. The first-order valence-corrected chi connectivity index (χ1v) is 10.6. The second kappa shape index (κ2) is 9.14. The molecule has 1 heterocycles. The number of thioether (sulfide) groups is 1. The number of rotatable bonds is 7. The van der Waals surface area contributed by atoms with Crippen molar-refractivity contribution >= 4 is 45.5 Å². The largest absolute Gasteiger partial charge is 0.357 e. The van der Waals surface area contributed by atoms with Crippen molar-refractivity contribution in [3.05, 3.63) is 33.9 Å². The molecule has 1 fully saturated rings. The highest BCUT2D eigenvalue weighted by Crippen LogP contribution is 2.30. The van der Waals surface area contributed by atoms with Gasteiger partial charge in [-0.25, -0.2) is 0 Å². The van der Waals surface area contributed by atoms with Crippen molar-refractivity contribution in [3.8, 4) is 0 Å². The fourth-order valence-corrected chi connectivity index (χ4v) is 4.65. The van der Waals surface area contributed by atoms with Crippen LogP contribution in [0.4, 0.5) is 16.5 Å². The summed E-state index contributed by atoms with van der Waals surface area (Å²) in [5.41, 5.74) is 0.783. The van der Waals surface area contributed by atoms with Gasteiger partial charge in [0.15, 0.2) is 4.34 Å². The van der Waals surface area contributed by atoms with E-state index in [0.29, 0.717) is 15.9 Å². The lowest BCUT2D eigenvalue weighted by Gasteiger charge is -2.21. The van der Waals surface area contributed by atoms with E-state index >= 15 is 0 Å². The Morgan fingerprint density at radius 3 is 2.85 bits per heavy atom. The number of nitrogens with one attached hydrogen (secondary N) is 2. The van der Waals surface area contributed by atoms with Crippen molar-refractivity contribution in [1.82, 2.24) is 10.2 Å². The Balaban J connectivity index is 1.53. The molecule has 1 aromatic carbocycles. The average Bonchev–Trinajstić information content (AvgIpc) is 3.09. The smallest absolute Gasteiger partial charge is 0.293 e. The van der Waals surface area contributed by atoms with Gasteiger partial charge < -0.3 is 10.6 Å². The minimum atomic E-state index is -0.496. The molecular formula is C17H21N5O3S2. The molecule has 144 valence electrons. The number of hydrogen-bond donors (Lipinski definition) is 2. The third-order valence-corrected chi connectivity index (χ3v) is 6.37. The Kier molecular flexibility index (Phi) is 6.62. The van der Waals surface area contributed by atoms with Crippen molar-refractivity contribution in [2.75, 3.05) is 16.4 Å². The number of benzene rings is 1. The number of aromatic nitrogens is 2. The number of carbonyl (C=O) groups is 1. The topological polar surface area (TPSA) is 110 Å². The van der Waals surface area contributed by atoms with Crippen LogP contribution in [0.1, 0.15) is 37.7 Å². The first-order chi connectivity index (χ1) is 13.0. The normalized spacial score (nSPS) is 14.7. The zero-order valence-corrected chi connectivity index (χ0v) is 16.6. The van der Waals surface area contributed by atoms with Gasteiger partial charge in [-0.3, -0.25) is 14.9 Å². The van der Waals surface area contributed by atoms with Gasteiger partial charge in [-0.15, -0.1) is 10.2 Å². The lowest BCUT2D eigenvalue weighted by Crippen LogP contribution is -2.21. The van der Waals surface area contributed by atoms with Crippen LogP contribution in [0.3, 0.4) is 0 Å². The van der Waals surface area contributed by atoms with E-state index in [4.69, 9.17) is 0 Å². The molecule has 27 heavy (non-hydrogen) atoms. The summed E-state index contributed by atoms with van der Waals surface area (Å²) in [6.07, 6.45) is 6.08. The number of para-hydroxylation sites is 1. The molecule has 2 N–H and O–H groups in total. The molecule has 0 saturated heterocycles. The van der Waals surface area contributed by atoms with Gasteiger partial charge in [0.25, 0.3) is 5.69 Å². The molecule has 1 aromatic heterocycles. The molecule has 8 nitrogen and oxygen atoms in total. The zero-order chi connectivity index (χ0) is 19.2. The average molecular weight is 408 g/mol. The molecule has 1 amide bonds. The Hall–Kier alpha value is -2.20. The fraction of sp³-hybridized carbons (Fsp3) is 0.471. The summed E-state index contributed by atoms with van der Waals surface area (Å²) in [6.45, 7) is 1.73. The van der Waals surface area contributed by atoms with Crippen LogP contribution in [0.15, 0.2) is 22.5 Å². The number of anilines is 2. The Morgan fingerprint density at radius 1 is 1.33 bits per heavy atom. The SMILES string of the molecule is Cc1cccc([N+](=O)[O-])c1NC(=O)CSc1nnc(NC2CCCCC2)s1. The maximum absolute atomic E-state index is 12.2. The van der Waals surface area contributed by atoms with Gasteiger partial charge in [0.05, 0.1) is 10.7 Å². The number of nitro benzene ring substituents is 1. The lowest BCUT2D eigenvalue weighted by atomic mass is 9.96. The minimum absolute atomic E-state index is 0.108. The van der Waals surface area contributed by atoms with Crippen molar-refractivity contribution in [2.24, 2.45) is 0 Å². The molecular weight excluding hydrogens is 386 g/mol. The van der Waals surface area contributed by atoms with E-state index in [0.717, 1.165) is 18.0 Å². The summed E-state index contributed by atoms with van der Waals surface area (Å²) >= 11 is 2.70. The maximum Gasteiger partial charge on any atom is 0.293 e. The van der Waals surface area contributed by atoms with Crippen LogP contribution >= 0.6 is 23.1 Å². The van der Waals surface area contributed by atoms with Crippen LogP contribution < -0.4 is 10.6 Å².